The summed E-state index contributed by atoms with van der Waals surface area (Å²) in [7, 11) is 0. The van der Waals surface area contributed by atoms with Crippen LogP contribution in [0.1, 0.15) is 55.5 Å². The molecule has 0 saturated heterocycles. The fourth-order valence-electron chi connectivity index (χ4n) is 2.09. The van der Waals surface area contributed by atoms with Crippen LogP contribution in [0.4, 0.5) is 11.4 Å². The van der Waals surface area contributed by atoms with E-state index in [0.29, 0.717) is 29.5 Å². The van der Waals surface area contributed by atoms with Crippen LogP contribution >= 0.6 is 0 Å². The van der Waals surface area contributed by atoms with Gasteiger partial charge in [-0.05, 0) is 37.0 Å². The quantitative estimate of drug-likeness (QED) is 0.590. The first-order valence-electron chi connectivity index (χ1n) is 7.32. The van der Waals surface area contributed by atoms with Gasteiger partial charge < -0.3 is 16.2 Å². The van der Waals surface area contributed by atoms with Crippen molar-refractivity contribution in [2.75, 3.05) is 18.1 Å². The maximum absolute atomic E-state index is 12.1. The highest BCUT2D eigenvalue weighted by Crippen LogP contribution is 2.24. The third-order valence-electron chi connectivity index (χ3n) is 3.77. The van der Waals surface area contributed by atoms with E-state index < -0.39 is 0 Å². The Balaban J connectivity index is 2.65. The van der Waals surface area contributed by atoms with Gasteiger partial charge in [0.15, 0.2) is 0 Å². The van der Waals surface area contributed by atoms with Crippen LogP contribution in [0, 0.1) is 12.8 Å². The summed E-state index contributed by atoms with van der Waals surface area (Å²) in [6.07, 6.45) is 4.44. The molecule has 0 spiro atoms. The average Bonchev–Trinajstić information content (AvgIpc) is 2.45. The third kappa shape index (κ3) is 4.15. The zero-order valence-corrected chi connectivity index (χ0v) is 12.7. The van der Waals surface area contributed by atoms with Crippen molar-refractivity contribution in [1.82, 2.24) is 0 Å². The van der Waals surface area contributed by atoms with Gasteiger partial charge in [-0.3, -0.25) is 0 Å². The van der Waals surface area contributed by atoms with Gasteiger partial charge in [0.1, 0.15) is 0 Å². The molecule has 0 aliphatic carbocycles. The molecule has 1 aromatic carbocycles. The lowest BCUT2D eigenvalue weighted by atomic mass is 10.0. The predicted octanol–water partition coefficient (Wildman–Crippen LogP) is 3.53. The molecule has 0 bridgehead atoms. The van der Waals surface area contributed by atoms with Gasteiger partial charge in [-0.25, -0.2) is 4.79 Å². The first-order valence-corrected chi connectivity index (χ1v) is 7.32. The van der Waals surface area contributed by atoms with Gasteiger partial charge in [-0.1, -0.05) is 33.1 Å². The summed E-state index contributed by atoms with van der Waals surface area (Å²) in [5.74, 6) is 0.0653. The van der Waals surface area contributed by atoms with E-state index in [2.05, 4.69) is 13.8 Å². The molecule has 0 saturated carbocycles. The predicted molar refractivity (Wildman–Crippen MR) is 83.6 cm³/mol. The number of hydrogen-bond donors (Lipinski definition) is 2. The molecule has 0 aromatic heterocycles. The van der Waals surface area contributed by atoms with Crippen LogP contribution in [0.3, 0.4) is 0 Å². The van der Waals surface area contributed by atoms with Gasteiger partial charge in [-0.2, -0.15) is 0 Å². The molecule has 0 heterocycles. The van der Waals surface area contributed by atoms with Crippen molar-refractivity contribution in [3.63, 3.8) is 0 Å². The lowest BCUT2D eigenvalue weighted by molar-refractivity contribution is 0.0429. The number of anilines is 2. The number of unbranched alkanes of at least 4 members (excludes halogenated alkanes) is 1. The second-order valence-corrected chi connectivity index (χ2v) is 5.26. The molecule has 0 aliphatic rings. The first-order chi connectivity index (χ1) is 9.51. The molecule has 1 atom stereocenters. The summed E-state index contributed by atoms with van der Waals surface area (Å²) in [6, 6.07) is 3.32. The van der Waals surface area contributed by atoms with Crippen LogP contribution < -0.4 is 11.5 Å². The number of carbonyl (C=O) groups excluding carboxylic acids is 1. The smallest absolute Gasteiger partial charge is 0.340 e. The molecule has 1 rings (SSSR count). The molecular weight excluding hydrogens is 252 g/mol. The van der Waals surface area contributed by atoms with Crippen LogP contribution in [0.2, 0.25) is 0 Å². The van der Waals surface area contributed by atoms with Crippen molar-refractivity contribution in [3.8, 4) is 0 Å². The Morgan fingerprint density at radius 2 is 2.00 bits per heavy atom. The lowest BCUT2D eigenvalue weighted by Crippen LogP contribution is -2.16. The molecule has 4 heteroatoms. The zero-order valence-electron chi connectivity index (χ0n) is 12.7. The number of nitrogen functional groups attached to an aromatic ring is 2. The summed E-state index contributed by atoms with van der Waals surface area (Å²) < 4.78 is 5.39. The maximum Gasteiger partial charge on any atom is 0.340 e. The number of benzene rings is 1. The van der Waals surface area contributed by atoms with E-state index in [0.717, 1.165) is 24.8 Å². The number of nitrogens with two attached hydrogens (primary N) is 2. The van der Waals surface area contributed by atoms with E-state index in [1.807, 2.05) is 0 Å². The highest BCUT2D eigenvalue weighted by Gasteiger charge is 2.16. The van der Waals surface area contributed by atoms with Crippen molar-refractivity contribution in [2.45, 2.75) is 46.5 Å². The summed E-state index contributed by atoms with van der Waals surface area (Å²) >= 11 is 0. The summed E-state index contributed by atoms with van der Waals surface area (Å²) in [6.45, 7) is 6.54. The maximum atomic E-state index is 12.1. The highest BCUT2D eigenvalue weighted by molar-refractivity contribution is 5.96. The Labute approximate surface area is 121 Å². The molecule has 0 radical (unpaired) electrons. The Kier molecular flexibility index (Phi) is 6.36. The van der Waals surface area contributed by atoms with Gasteiger partial charge >= 0.3 is 5.97 Å². The molecular formula is C16H26N2O2. The number of carbonyl (C=O) groups is 1. The first kappa shape index (κ1) is 16.3. The van der Waals surface area contributed by atoms with Crippen molar-refractivity contribution in [2.24, 2.45) is 5.92 Å². The van der Waals surface area contributed by atoms with Gasteiger partial charge in [0.05, 0.1) is 17.9 Å². The molecule has 20 heavy (non-hydrogen) atoms. The third-order valence-corrected chi connectivity index (χ3v) is 3.77. The second kappa shape index (κ2) is 7.78. The topological polar surface area (TPSA) is 78.3 Å². The standard InChI is InChI=1S/C16H26N2O2/c1-4-6-7-12(5-2)10-20-16(19)13-8-9-14(17)11(3)15(13)18/h8-9,12H,4-7,10,17-18H2,1-3H3. The lowest BCUT2D eigenvalue weighted by Gasteiger charge is -2.16. The van der Waals surface area contributed by atoms with Crippen LogP contribution in [0.5, 0.6) is 0 Å². The minimum atomic E-state index is -0.361. The Hall–Kier alpha value is -1.71. The second-order valence-electron chi connectivity index (χ2n) is 5.26. The van der Waals surface area contributed by atoms with E-state index in [-0.39, 0.29) is 5.97 Å². The van der Waals surface area contributed by atoms with Crippen LogP contribution in [-0.2, 0) is 4.74 Å². The fraction of sp³-hybridized carbons (Fsp3) is 0.562. The highest BCUT2D eigenvalue weighted by atomic mass is 16.5. The average molecular weight is 278 g/mol. The Morgan fingerprint density at radius 3 is 2.60 bits per heavy atom. The van der Waals surface area contributed by atoms with Gasteiger partial charge in [0.2, 0.25) is 0 Å². The van der Waals surface area contributed by atoms with Gasteiger partial charge in [0, 0.05) is 5.69 Å². The van der Waals surface area contributed by atoms with Crippen molar-refractivity contribution in [3.05, 3.63) is 23.3 Å². The van der Waals surface area contributed by atoms with Crippen LogP contribution in [0.25, 0.3) is 0 Å². The fourth-order valence-corrected chi connectivity index (χ4v) is 2.09. The molecule has 112 valence electrons. The minimum Gasteiger partial charge on any atom is -0.462 e. The SMILES string of the molecule is CCCCC(CC)COC(=O)c1ccc(N)c(C)c1N. The monoisotopic (exact) mass is 278 g/mol. The Bertz CT molecular complexity index is 458. The van der Waals surface area contributed by atoms with Crippen LogP contribution in [-0.4, -0.2) is 12.6 Å². The van der Waals surface area contributed by atoms with E-state index in [4.69, 9.17) is 16.2 Å². The molecule has 4 nitrogen and oxygen atoms in total. The summed E-state index contributed by atoms with van der Waals surface area (Å²) in [5, 5.41) is 0. The molecule has 0 aliphatic heterocycles. The number of hydrogen-bond acceptors (Lipinski definition) is 4. The van der Waals surface area contributed by atoms with E-state index in [1.54, 1.807) is 19.1 Å². The van der Waals surface area contributed by atoms with Gasteiger partial charge in [-0.15, -0.1) is 0 Å². The van der Waals surface area contributed by atoms with E-state index in [1.165, 1.54) is 6.42 Å². The molecule has 0 fully saturated rings. The van der Waals surface area contributed by atoms with Crippen molar-refractivity contribution < 1.29 is 9.53 Å². The molecule has 1 unspecified atom stereocenters. The largest absolute Gasteiger partial charge is 0.462 e. The number of rotatable bonds is 7. The molecule has 0 amide bonds. The van der Waals surface area contributed by atoms with Gasteiger partial charge in [0.25, 0.3) is 0 Å². The van der Waals surface area contributed by atoms with Crippen LogP contribution in [0.15, 0.2) is 12.1 Å². The Morgan fingerprint density at radius 1 is 1.30 bits per heavy atom. The summed E-state index contributed by atoms with van der Waals surface area (Å²) in [5.41, 5.74) is 13.8. The zero-order chi connectivity index (χ0) is 15.1. The molecule has 1 aromatic rings. The minimum absolute atomic E-state index is 0.361. The van der Waals surface area contributed by atoms with Crippen molar-refractivity contribution in [1.29, 1.82) is 0 Å². The van der Waals surface area contributed by atoms with E-state index >= 15 is 0 Å². The summed E-state index contributed by atoms with van der Waals surface area (Å²) in [4.78, 5) is 12.1. The normalized spacial score (nSPS) is 12.2. The molecule has 4 N–H and O–H groups in total. The van der Waals surface area contributed by atoms with Crippen molar-refractivity contribution >= 4 is 17.3 Å². The number of ether oxygens (including phenoxy) is 1. The number of esters is 1. The van der Waals surface area contributed by atoms with E-state index in [9.17, 15) is 4.79 Å².